The molecule has 7 aromatic rings. The molecule has 5 aliphatic rings. The summed E-state index contributed by atoms with van der Waals surface area (Å²) in [6, 6.07) is 61.6. The third kappa shape index (κ3) is 4.40. The van der Waals surface area contributed by atoms with Gasteiger partial charge in [0.1, 0.15) is 0 Å². The number of anilines is 3. The van der Waals surface area contributed by atoms with E-state index in [4.69, 9.17) is 0 Å². The third-order valence-corrected chi connectivity index (χ3v) is 13.2. The van der Waals surface area contributed by atoms with Crippen molar-refractivity contribution in [3.05, 3.63) is 175 Å². The molecule has 0 aliphatic heterocycles. The lowest BCUT2D eigenvalue weighted by Gasteiger charge is -2.61. The van der Waals surface area contributed by atoms with Gasteiger partial charge in [0.25, 0.3) is 0 Å². The number of nitrogens with zero attached hydrogens (tertiary/aromatic N) is 1. The summed E-state index contributed by atoms with van der Waals surface area (Å²) in [7, 11) is 0. The molecular weight excluding hydrogens is 615 g/mol. The van der Waals surface area contributed by atoms with Crippen molar-refractivity contribution in [2.75, 3.05) is 4.90 Å². The van der Waals surface area contributed by atoms with E-state index in [9.17, 15) is 0 Å². The quantitative estimate of drug-likeness (QED) is 0.178. The van der Waals surface area contributed by atoms with Gasteiger partial charge in [-0.25, -0.2) is 0 Å². The van der Waals surface area contributed by atoms with Crippen LogP contribution in [-0.4, -0.2) is 0 Å². The van der Waals surface area contributed by atoms with E-state index in [2.05, 4.69) is 169 Å². The van der Waals surface area contributed by atoms with Gasteiger partial charge in [-0.15, -0.1) is 0 Å². The fourth-order valence-electron chi connectivity index (χ4n) is 11.4. The number of hydrogen-bond donors (Lipinski definition) is 0. The molecule has 0 radical (unpaired) electrons. The molecular formula is C50H41N. The van der Waals surface area contributed by atoms with Crippen LogP contribution in [0.15, 0.2) is 164 Å². The highest BCUT2D eigenvalue weighted by Gasteiger charge is 2.61. The van der Waals surface area contributed by atoms with Gasteiger partial charge in [0.15, 0.2) is 0 Å². The molecule has 0 N–H and O–H groups in total. The van der Waals surface area contributed by atoms with Crippen molar-refractivity contribution in [3.8, 4) is 33.4 Å². The van der Waals surface area contributed by atoms with Gasteiger partial charge in [-0.3, -0.25) is 0 Å². The van der Waals surface area contributed by atoms with Crippen LogP contribution in [0.3, 0.4) is 0 Å². The predicted molar refractivity (Wildman–Crippen MR) is 213 cm³/mol. The molecule has 1 nitrogen and oxygen atoms in total. The molecule has 51 heavy (non-hydrogen) atoms. The summed E-state index contributed by atoms with van der Waals surface area (Å²) in [5, 5.41) is 2.52. The number of rotatable bonds is 5. The molecule has 0 aromatic heterocycles. The van der Waals surface area contributed by atoms with Crippen LogP contribution in [-0.2, 0) is 5.41 Å². The van der Waals surface area contributed by atoms with Gasteiger partial charge in [-0.05, 0) is 142 Å². The van der Waals surface area contributed by atoms with Crippen molar-refractivity contribution >= 4 is 27.8 Å². The van der Waals surface area contributed by atoms with E-state index in [-0.39, 0.29) is 5.41 Å². The average molecular weight is 656 g/mol. The van der Waals surface area contributed by atoms with Crippen molar-refractivity contribution in [1.82, 2.24) is 0 Å². The Hall–Kier alpha value is -5.40. The number of benzene rings is 7. The second-order valence-electron chi connectivity index (χ2n) is 15.8. The van der Waals surface area contributed by atoms with Crippen LogP contribution < -0.4 is 4.90 Å². The Balaban J connectivity index is 1.16. The standard InChI is InChI=1S/C50H41N/c1-3-11-35(12-4-1)39-20-24-49(46(31-39)37-14-5-2-6-15-37)51(42-21-19-36-13-7-8-16-38(36)30-42)43-22-23-45-44-17-9-10-18-47(44)50(48(45)32-43)40-26-33-25-34(28-40)29-41(50)27-33/h1-24,30-34,40-41H,25-29H2. The Labute approximate surface area is 301 Å². The smallest absolute Gasteiger partial charge is 0.0540 e. The topological polar surface area (TPSA) is 3.24 Å². The molecule has 0 heterocycles. The molecule has 0 amide bonds. The Morgan fingerprint density at radius 1 is 0.392 bits per heavy atom. The highest BCUT2D eigenvalue weighted by Crippen LogP contribution is 2.69. The minimum Gasteiger partial charge on any atom is -0.310 e. The maximum absolute atomic E-state index is 2.63. The van der Waals surface area contributed by atoms with Gasteiger partial charge in [0.05, 0.1) is 5.69 Å². The fraction of sp³-hybridized carbons (Fsp3) is 0.200. The van der Waals surface area contributed by atoms with Crippen LogP contribution in [0.4, 0.5) is 17.1 Å². The number of fused-ring (bicyclic) bond motifs is 4. The molecule has 0 unspecified atom stereocenters. The first kappa shape index (κ1) is 29.3. The van der Waals surface area contributed by atoms with Crippen LogP contribution in [0.2, 0.25) is 0 Å². The molecule has 0 saturated heterocycles. The lowest BCUT2D eigenvalue weighted by Crippen LogP contribution is -2.55. The molecule has 7 aromatic carbocycles. The first-order chi connectivity index (χ1) is 25.2. The minimum absolute atomic E-state index is 0.115. The molecule has 1 heteroatoms. The van der Waals surface area contributed by atoms with Gasteiger partial charge < -0.3 is 4.90 Å². The van der Waals surface area contributed by atoms with Crippen molar-refractivity contribution < 1.29 is 0 Å². The van der Waals surface area contributed by atoms with Gasteiger partial charge in [0, 0.05) is 22.4 Å². The van der Waals surface area contributed by atoms with Gasteiger partial charge >= 0.3 is 0 Å². The first-order valence-electron chi connectivity index (χ1n) is 19.0. The zero-order chi connectivity index (χ0) is 33.5. The van der Waals surface area contributed by atoms with E-state index in [0.29, 0.717) is 0 Å². The van der Waals surface area contributed by atoms with E-state index in [1.807, 2.05) is 0 Å². The van der Waals surface area contributed by atoms with Gasteiger partial charge in [0.2, 0.25) is 0 Å². The maximum Gasteiger partial charge on any atom is 0.0540 e. The summed E-state index contributed by atoms with van der Waals surface area (Å²) >= 11 is 0. The van der Waals surface area contributed by atoms with Crippen molar-refractivity contribution in [2.24, 2.45) is 23.7 Å². The summed E-state index contributed by atoms with van der Waals surface area (Å²) in [5.41, 5.74) is 14.8. The van der Waals surface area contributed by atoms with E-state index in [0.717, 1.165) is 23.7 Å². The Morgan fingerprint density at radius 2 is 1.00 bits per heavy atom. The molecule has 12 rings (SSSR count). The lowest BCUT2D eigenvalue weighted by molar-refractivity contribution is -0.0399. The normalized spacial score (nSPS) is 23.8. The van der Waals surface area contributed by atoms with E-state index in [1.54, 1.807) is 11.1 Å². The second-order valence-corrected chi connectivity index (χ2v) is 15.8. The molecule has 0 atom stereocenters. The minimum atomic E-state index is 0.115. The molecule has 1 spiro atoms. The Bertz CT molecular complexity index is 2410. The predicted octanol–water partition coefficient (Wildman–Crippen LogP) is 13.4. The molecule has 246 valence electrons. The zero-order valence-electron chi connectivity index (χ0n) is 28.9. The summed E-state index contributed by atoms with van der Waals surface area (Å²) < 4.78 is 0. The lowest BCUT2D eigenvalue weighted by atomic mass is 9.43. The summed E-state index contributed by atoms with van der Waals surface area (Å²) in [5.74, 6) is 3.29. The largest absolute Gasteiger partial charge is 0.310 e. The van der Waals surface area contributed by atoms with Crippen molar-refractivity contribution in [1.29, 1.82) is 0 Å². The Kier molecular flexibility index (Phi) is 6.50. The molecule has 4 fully saturated rings. The van der Waals surface area contributed by atoms with E-state index >= 15 is 0 Å². The fourth-order valence-corrected chi connectivity index (χ4v) is 11.4. The second kappa shape index (κ2) is 11.3. The van der Waals surface area contributed by atoms with Crippen LogP contribution in [0.1, 0.15) is 43.2 Å². The molecule has 5 aliphatic carbocycles. The SMILES string of the molecule is c1ccc(-c2ccc(N(c3ccc4c(c3)C3(c5ccccc5-4)C4CC5CC(C4)CC3C5)c3ccc4ccccc4c3)c(-c3ccccc3)c2)cc1. The highest BCUT2D eigenvalue weighted by atomic mass is 15.1. The Morgan fingerprint density at radius 3 is 1.76 bits per heavy atom. The van der Waals surface area contributed by atoms with Gasteiger partial charge in [-0.2, -0.15) is 0 Å². The van der Waals surface area contributed by atoms with Crippen molar-refractivity contribution in [2.45, 2.75) is 37.5 Å². The summed E-state index contributed by atoms with van der Waals surface area (Å²) in [6.07, 6.45) is 7.02. The summed E-state index contributed by atoms with van der Waals surface area (Å²) in [6.45, 7) is 0. The van der Waals surface area contributed by atoms with E-state index in [1.165, 1.54) is 93.3 Å². The van der Waals surface area contributed by atoms with Crippen LogP contribution >= 0.6 is 0 Å². The van der Waals surface area contributed by atoms with Crippen molar-refractivity contribution in [3.63, 3.8) is 0 Å². The van der Waals surface area contributed by atoms with Crippen LogP contribution in [0.25, 0.3) is 44.2 Å². The maximum atomic E-state index is 2.63. The zero-order valence-corrected chi connectivity index (χ0v) is 28.9. The third-order valence-electron chi connectivity index (χ3n) is 13.2. The monoisotopic (exact) mass is 655 g/mol. The highest BCUT2D eigenvalue weighted by molar-refractivity contribution is 5.95. The van der Waals surface area contributed by atoms with Crippen LogP contribution in [0, 0.1) is 23.7 Å². The average Bonchev–Trinajstić information content (AvgIpc) is 3.47. The summed E-state index contributed by atoms with van der Waals surface area (Å²) in [4.78, 5) is 2.55. The molecule has 4 bridgehead atoms. The van der Waals surface area contributed by atoms with Gasteiger partial charge in [-0.1, -0.05) is 127 Å². The molecule has 4 saturated carbocycles. The van der Waals surface area contributed by atoms with Crippen LogP contribution in [0.5, 0.6) is 0 Å². The number of hydrogen-bond acceptors (Lipinski definition) is 1. The van der Waals surface area contributed by atoms with E-state index < -0.39 is 0 Å². The first-order valence-corrected chi connectivity index (χ1v) is 19.0.